The summed E-state index contributed by atoms with van der Waals surface area (Å²) in [6.45, 7) is 4.31. The van der Waals surface area contributed by atoms with Crippen LogP contribution in [0, 0.1) is 0 Å². The average Bonchev–Trinajstić information content (AvgIpc) is 2.52. The average molecular weight is 307 g/mol. The SMILES string of the molecule is CCOC(=O)C1(C)CCN1C(=O)c1ccc(OC)c(OC)c1. The molecule has 22 heavy (non-hydrogen) atoms. The maximum Gasteiger partial charge on any atom is 0.331 e. The molecule has 1 saturated heterocycles. The molecule has 0 bridgehead atoms. The fourth-order valence-corrected chi connectivity index (χ4v) is 2.51. The number of likely N-dealkylation sites (tertiary alicyclic amines) is 1. The van der Waals surface area contributed by atoms with Gasteiger partial charge in [0.1, 0.15) is 5.54 Å². The van der Waals surface area contributed by atoms with Gasteiger partial charge in [-0.05, 0) is 38.5 Å². The molecule has 0 spiro atoms. The molecule has 1 atom stereocenters. The minimum Gasteiger partial charge on any atom is -0.493 e. The van der Waals surface area contributed by atoms with Gasteiger partial charge in [0.05, 0.1) is 20.8 Å². The molecule has 0 aromatic heterocycles. The number of carbonyl (C=O) groups excluding carboxylic acids is 2. The number of nitrogens with zero attached hydrogens (tertiary/aromatic N) is 1. The predicted octanol–water partition coefficient (Wildman–Crippen LogP) is 1.87. The van der Waals surface area contributed by atoms with Crippen LogP contribution in [0.1, 0.15) is 30.6 Å². The second-order valence-electron chi connectivity index (χ2n) is 5.27. The van der Waals surface area contributed by atoms with Crippen LogP contribution in [0.3, 0.4) is 0 Å². The largest absolute Gasteiger partial charge is 0.493 e. The van der Waals surface area contributed by atoms with Crippen molar-refractivity contribution in [2.45, 2.75) is 25.8 Å². The minimum absolute atomic E-state index is 0.220. The van der Waals surface area contributed by atoms with Gasteiger partial charge in [-0.2, -0.15) is 0 Å². The van der Waals surface area contributed by atoms with E-state index in [1.165, 1.54) is 19.1 Å². The topological polar surface area (TPSA) is 65.1 Å². The van der Waals surface area contributed by atoms with Crippen LogP contribution < -0.4 is 9.47 Å². The van der Waals surface area contributed by atoms with E-state index in [1.807, 2.05) is 0 Å². The van der Waals surface area contributed by atoms with Crippen molar-refractivity contribution < 1.29 is 23.8 Å². The fraction of sp³-hybridized carbons (Fsp3) is 0.500. The highest BCUT2D eigenvalue weighted by Gasteiger charge is 2.50. The minimum atomic E-state index is -0.889. The van der Waals surface area contributed by atoms with E-state index < -0.39 is 5.54 Å². The number of esters is 1. The molecular weight excluding hydrogens is 286 g/mol. The Bertz CT molecular complexity index is 586. The fourth-order valence-electron chi connectivity index (χ4n) is 2.51. The lowest BCUT2D eigenvalue weighted by Crippen LogP contribution is -2.65. The van der Waals surface area contributed by atoms with Gasteiger partial charge in [0.2, 0.25) is 0 Å². The van der Waals surface area contributed by atoms with Gasteiger partial charge >= 0.3 is 5.97 Å². The van der Waals surface area contributed by atoms with E-state index in [9.17, 15) is 9.59 Å². The van der Waals surface area contributed by atoms with Gasteiger partial charge in [-0.3, -0.25) is 4.79 Å². The van der Waals surface area contributed by atoms with Gasteiger partial charge < -0.3 is 19.1 Å². The molecule has 1 unspecified atom stereocenters. The molecule has 120 valence electrons. The third-order valence-corrected chi connectivity index (χ3v) is 4.01. The van der Waals surface area contributed by atoms with Gasteiger partial charge in [-0.25, -0.2) is 4.79 Å². The van der Waals surface area contributed by atoms with Crippen LogP contribution in [0.5, 0.6) is 11.5 Å². The molecule has 1 aliphatic rings. The van der Waals surface area contributed by atoms with Crippen LogP contribution in [0.2, 0.25) is 0 Å². The number of hydrogen-bond acceptors (Lipinski definition) is 5. The molecule has 2 rings (SSSR count). The van der Waals surface area contributed by atoms with Gasteiger partial charge in [0.25, 0.3) is 5.91 Å². The maximum absolute atomic E-state index is 12.6. The summed E-state index contributed by atoms with van der Waals surface area (Å²) in [6, 6.07) is 4.95. The molecule has 0 radical (unpaired) electrons. The first-order chi connectivity index (χ1) is 10.5. The standard InChI is InChI=1S/C16H21NO5/c1-5-22-15(19)16(2)8-9-17(16)14(18)11-6-7-12(20-3)13(10-11)21-4/h6-7,10H,5,8-9H2,1-4H3. The van der Waals surface area contributed by atoms with Crippen molar-refractivity contribution >= 4 is 11.9 Å². The third kappa shape index (κ3) is 2.61. The van der Waals surface area contributed by atoms with Gasteiger partial charge in [-0.15, -0.1) is 0 Å². The Labute approximate surface area is 129 Å². The zero-order chi connectivity index (χ0) is 16.3. The zero-order valence-electron chi connectivity index (χ0n) is 13.3. The third-order valence-electron chi connectivity index (χ3n) is 4.01. The maximum atomic E-state index is 12.6. The summed E-state index contributed by atoms with van der Waals surface area (Å²) in [6.07, 6.45) is 0.602. The Kier molecular flexibility index (Phi) is 4.59. The highest BCUT2D eigenvalue weighted by Crippen LogP contribution is 2.35. The van der Waals surface area contributed by atoms with Crippen LogP contribution in [0.4, 0.5) is 0 Å². The molecule has 0 aliphatic carbocycles. The lowest BCUT2D eigenvalue weighted by molar-refractivity contribution is -0.162. The molecule has 0 saturated carbocycles. The molecule has 1 aromatic rings. The summed E-state index contributed by atoms with van der Waals surface area (Å²) in [7, 11) is 3.05. The molecule has 6 heteroatoms. The Morgan fingerprint density at radius 3 is 2.41 bits per heavy atom. The lowest BCUT2D eigenvalue weighted by atomic mass is 9.86. The predicted molar refractivity (Wildman–Crippen MR) is 80.2 cm³/mol. The second kappa shape index (κ2) is 6.25. The van der Waals surface area contributed by atoms with E-state index in [1.54, 1.807) is 32.0 Å². The molecule has 1 fully saturated rings. The first-order valence-corrected chi connectivity index (χ1v) is 7.19. The van der Waals surface area contributed by atoms with Crippen LogP contribution >= 0.6 is 0 Å². The van der Waals surface area contributed by atoms with E-state index >= 15 is 0 Å². The summed E-state index contributed by atoms with van der Waals surface area (Å²) in [5.74, 6) is 0.445. The quantitative estimate of drug-likeness (QED) is 0.777. The van der Waals surface area contributed by atoms with E-state index in [-0.39, 0.29) is 11.9 Å². The molecule has 1 amide bonds. The number of ether oxygens (including phenoxy) is 3. The Balaban J connectivity index is 2.23. The number of carbonyl (C=O) groups is 2. The van der Waals surface area contributed by atoms with Crippen molar-refractivity contribution in [1.82, 2.24) is 4.90 Å². The van der Waals surface area contributed by atoms with Crippen molar-refractivity contribution in [1.29, 1.82) is 0 Å². The Morgan fingerprint density at radius 1 is 1.23 bits per heavy atom. The van der Waals surface area contributed by atoms with Crippen LogP contribution in [0.25, 0.3) is 0 Å². The molecular formula is C16H21NO5. The van der Waals surface area contributed by atoms with E-state index in [0.29, 0.717) is 36.6 Å². The molecule has 1 aliphatic heterocycles. The summed E-state index contributed by atoms with van der Waals surface area (Å²) >= 11 is 0. The number of hydrogen-bond donors (Lipinski definition) is 0. The van der Waals surface area contributed by atoms with Gasteiger partial charge in [-0.1, -0.05) is 0 Å². The number of rotatable bonds is 5. The summed E-state index contributed by atoms with van der Waals surface area (Å²) in [5, 5.41) is 0. The van der Waals surface area contributed by atoms with Crippen LogP contribution in [-0.2, 0) is 9.53 Å². The molecule has 0 N–H and O–H groups in total. The normalized spacial score (nSPS) is 20.1. The summed E-state index contributed by atoms with van der Waals surface area (Å²) in [4.78, 5) is 26.2. The van der Waals surface area contributed by atoms with Crippen molar-refractivity contribution in [3.05, 3.63) is 23.8 Å². The summed E-state index contributed by atoms with van der Waals surface area (Å²) < 4.78 is 15.4. The Morgan fingerprint density at radius 2 is 1.91 bits per heavy atom. The van der Waals surface area contributed by atoms with Crippen molar-refractivity contribution in [2.24, 2.45) is 0 Å². The second-order valence-corrected chi connectivity index (χ2v) is 5.27. The lowest BCUT2D eigenvalue weighted by Gasteiger charge is -2.48. The van der Waals surface area contributed by atoms with E-state index in [0.717, 1.165) is 0 Å². The first-order valence-electron chi connectivity index (χ1n) is 7.19. The molecule has 6 nitrogen and oxygen atoms in total. The van der Waals surface area contributed by atoms with E-state index in [4.69, 9.17) is 14.2 Å². The van der Waals surface area contributed by atoms with Crippen molar-refractivity contribution in [3.63, 3.8) is 0 Å². The van der Waals surface area contributed by atoms with Gasteiger partial charge in [0.15, 0.2) is 11.5 Å². The van der Waals surface area contributed by atoms with Crippen LogP contribution in [-0.4, -0.2) is 49.7 Å². The highest BCUT2D eigenvalue weighted by atomic mass is 16.5. The number of amides is 1. The molecule has 1 heterocycles. The number of methoxy groups -OCH3 is 2. The van der Waals surface area contributed by atoms with Gasteiger partial charge in [0, 0.05) is 12.1 Å². The number of benzene rings is 1. The smallest absolute Gasteiger partial charge is 0.331 e. The van der Waals surface area contributed by atoms with Crippen LogP contribution in [0.15, 0.2) is 18.2 Å². The Hall–Kier alpha value is -2.24. The van der Waals surface area contributed by atoms with E-state index in [2.05, 4.69) is 0 Å². The van der Waals surface area contributed by atoms with Crippen molar-refractivity contribution in [2.75, 3.05) is 27.4 Å². The molecule has 1 aromatic carbocycles. The highest BCUT2D eigenvalue weighted by molar-refractivity contribution is 5.99. The monoisotopic (exact) mass is 307 g/mol. The summed E-state index contributed by atoms with van der Waals surface area (Å²) in [5.41, 5.74) is -0.437. The van der Waals surface area contributed by atoms with Crippen molar-refractivity contribution in [3.8, 4) is 11.5 Å². The zero-order valence-corrected chi connectivity index (χ0v) is 13.3. The first kappa shape index (κ1) is 16.1.